The third kappa shape index (κ3) is 4.32. The molecule has 1 aromatic heterocycles. The van der Waals surface area contributed by atoms with Crippen LogP contribution >= 0.6 is 11.6 Å². The fourth-order valence-corrected chi connectivity index (χ4v) is 3.94. The maximum Gasteiger partial charge on any atom is 0.236 e. The highest BCUT2D eigenvalue weighted by atomic mass is 35.5. The topological polar surface area (TPSA) is 51.4 Å². The third-order valence-corrected chi connectivity index (χ3v) is 5.56. The van der Waals surface area contributed by atoms with Crippen LogP contribution in [0.3, 0.4) is 0 Å². The molecule has 2 aromatic carbocycles. The zero-order valence-corrected chi connectivity index (χ0v) is 16.6. The Kier molecular flexibility index (Phi) is 5.84. The van der Waals surface area contributed by atoms with Crippen molar-refractivity contribution in [3.63, 3.8) is 0 Å². The van der Waals surface area contributed by atoms with E-state index in [0.29, 0.717) is 6.54 Å². The largest absolute Gasteiger partial charge is 0.368 e. The number of benzene rings is 2. The number of hydrogen-bond donors (Lipinski definition) is 2. The smallest absolute Gasteiger partial charge is 0.236 e. The molecule has 0 saturated carbocycles. The van der Waals surface area contributed by atoms with Crippen LogP contribution in [0.1, 0.15) is 5.56 Å². The summed E-state index contributed by atoms with van der Waals surface area (Å²) in [5.41, 5.74) is 3.56. The second-order valence-electron chi connectivity index (χ2n) is 7.13. The molecule has 146 valence electrons. The van der Waals surface area contributed by atoms with Crippen LogP contribution in [0.2, 0.25) is 5.02 Å². The molecule has 6 heteroatoms. The summed E-state index contributed by atoms with van der Waals surface area (Å²) in [5.74, 6) is 0.171. The number of fused-ring (bicyclic) bond motifs is 1. The number of halogens is 1. The third-order valence-electron chi connectivity index (χ3n) is 5.33. The van der Waals surface area contributed by atoms with Gasteiger partial charge < -0.3 is 20.1 Å². The summed E-state index contributed by atoms with van der Waals surface area (Å²) in [6.45, 7) is 4.34. The molecule has 0 atom stereocenters. The van der Waals surface area contributed by atoms with Crippen molar-refractivity contribution >= 4 is 34.1 Å². The van der Waals surface area contributed by atoms with Crippen LogP contribution in [0, 0.1) is 0 Å². The maximum absolute atomic E-state index is 12.5. The zero-order chi connectivity index (χ0) is 19.3. The van der Waals surface area contributed by atoms with Gasteiger partial charge in [0.2, 0.25) is 5.91 Å². The number of aromatic amines is 1. The Balaban J connectivity index is 1.21. The zero-order valence-electron chi connectivity index (χ0n) is 15.8. The standard InChI is InChI=1S/C22H25ClN4O/c23-18-4-3-5-19(14-18)26-10-12-27(13-11-26)22(28)16-24-9-8-17-15-25-21-7-2-1-6-20(17)21/h1-7,14-15,24-25H,8-13,16H2. The van der Waals surface area contributed by atoms with Gasteiger partial charge in [0.1, 0.15) is 0 Å². The van der Waals surface area contributed by atoms with Crippen molar-refractivity contribution in [1.29, 1.82) is 0 Å². The molecule has 0 unspecified atom stereocenters. The lowest BCUT2D eigenvalue weighted by Gasteiger charge is -2.36. The summed E-state index contributed by atoms with van der Waals surface area (Å²) in [7, 11) is 0. The van der Waals surface area contributed by atoms with Crippen molar-refractivity contribution in [3.8, 4) is 0 Å². The van der Waals surface area contributed by atoms with Gasteiger partial charge in [-0.05, 0) is 42.8 Å². The molecule has 0 radical (unpaired) electrons. The van der Waals surface area contributed by atoms with E-state index in [1.165, 1.54) is 10.9 Å². The number of H-pyrrole nitrogens is 1. The highest BCUT2D eigenvalue weighted by Gasteiger charge is 2.21. The summed E-state index contributed by atoms with van der Waals surface area (Å²) < 4.78 is 0. The van der Waals surface area contributed by atoms with Crippen molar-refractivity contribution in [1.82, 2.24) is 15.2 Å². The second kappa shape index (κ2) is 8.67. The van der Waals surface area contributed by atoms with Crippen LogP contribution in [-0.4, -0.2) is 55.1 Å². The van der Waals surface area contributed by atoms with Gasteiger partial charge in [-0.1, -0.05) is 35.9 Å². The van der Waals surface area contributed by atoms with E-state index >= 15 is 0 Å². The monoisotopic (exact) mass is 396 g/mol. The van der Waals surface area contributed by atoms with Gasteiger partial charge in [-0.25, -0.2) is 0 Å². The Morgan fingerprint density at radius 1 is 1.07 bits per heavy atom. The van der Waals surface area contributed by atoms with Crippen molar-refractivity contribution in [2.24, 2.45) is 0 Å². The van der Waals surface area contributed by atoms with Crippen molar-refractivity contribution in [3.05, 3.63) is 65.3 Å². The number of anilines is 1. The molecular weight excluding hydrogens is 372 g/mol. The van der Waals surface area contributed by atoms with Gasteiger partial charge in [0.15, 0.2) is 0 Å². The molecule has 0 aliphatic carbocycles. The molecule has 2 N–H and O–H groups in total. The molecule has 0 bridgehead atoms. The second-order valence-corrected chi connectivity index (χ2v) is 7.57. The predicted octanol–water partition coefficient (Wildman–Crippen LogP) is 3.30. The number of nitrogens with zero attached hydrogens (tertiary/aromatic N) is 2. The Morgan fingerprint density at radius 3 is 2.71 bits per heavy atom. The first kappa shape index (κ1) is 18.8. The van der Waals surface area contributed by atoms with Gasteiger partial charge in [-0.3, -0.25) is 4.79 Å². The van der Waals surface area contributed by atoms with Gasteiger partial charge >= 0.3 is 0 Å². The number of carbonyl (C=O) groups excluding carboxylic acids is 1. The quantitative estimate of drug-likeness (QED) is 0.628. The van der Waals surface area contributed by atoms with Crippen LogP contribution in [0.25, 0.3) is 10.9 Å². The van der Waals surface area contributed by atoms with Gasteiger partial charge in [0.05, 0.1) is 6.54 Å². The van der Waals surface area contributed by atoms with Crippen LogP contribution < -0.4 is 10.2 Å². The molecule has 3 aromatic rings. The number of amides is 1. The Hall–Kier alpha value is -2.50. The van der Waals surface area contributed by atoms with Gasteiger partial charge in [-0.15, -0.1) is 0 Å². The summed E-state index contributed by atoms with van der Waals surface area (Å²) in [4.78, 5) is 20.0. The lowest BCUT2D eigenvalue weighted by molar-refractivity contribution is -0.130. The minimum atomic E-state index is 0.171. The molecule has 1 aliphatic rings. The maximum atomic E-state index is 12.5. The number of piperazine rings is 1. The first-order valence-corrected chi connectivity index (χ1v) is 10.1. The fourth-order valence-electron chi connectivity index (χ4n) is 3.76. The van der Waals surface area contributed by atoms with Crippen LogP contribution in [0.4, 0.5) is 5.69 Å². The first-order valence-electron chi connectivity index (χ1n) is 9.75. The molecule has 2 heterocycles. The number of carbonyl (C=O) groups is 1. The Bertz CT molecular complexity index is 946. The van der Waals surface area contributed by atoms with Crippen LogP contribution in [-0.2, 0) is 11.2 Å². The normalized spacial score (nSPS) is 14.6. The summed E-state index contributed by atoms with van der Waals surface area (Å²) in [6, 6.07) is 16.2. The van der Waals surface area contributed by atoms with E-state index in [2.05, 4.69) is 45.7 Å². The molecule has 4 rings (SSSR count). The van der Waals surface area contributed by atoms with Gasteiger partial charge in [0, 0.05) is 54.0 Å². The summed E-state index contributed by atoms with van der Waals surface area (Å²) >= 11 is 6.08. The van der Waals surface area contributed by atoms with E-state index < -0.39 is 0 Å². The van der Waals surface area contributed by atoms with Crippen LogP contribution in [0.5, 0.6) is 0 Å². The number of hydrogen-bond acceptors (Lipinski definition) is 3. The van der Waals surface area contributed by atoms with E-state index in [1.54, 1.807) is 0 Å². The number of rotatable bonds is 6. The van der Waals surface area contributed by atoms with Crippen molar-refractivity contribution in [2.45, 2.75) is 6.42 Å². The van der Waals surface area contributed by atoms with Crippen LogP contribution in [0.15, 0.2) is 54.7 Å². The van der Waals surface area contributed by atoms with E-state index in [0.717, 1.165) is 55.4 Å². The van der Waals surface area contributed by atoms with Gasteiger partial charge in [-0.2, -0.15) is 0 Å². The first-order chi connectivity index (χ1) is 13.7. The Morgan fingerprint density at radius 2 is 1.89 bits per heavy atom. The average molecular weight is 397 g/mol. The van der Waals surface area contributed by atoms with E-state index in [4.69, 9.17) is 11.6 Å². The molecule has 0 spiro atoms. The lowest BCUT2D eigenvalue weighted by Crippen LogP contribution is -2.51. The lowest BCUT2D eigenvalue weighted by atomic mass is 10.1. The highest BCUT2D eigenvalue weighted by Crippen LogP contribution is 2.21. The molecule has 1 amide bonds. The van der Waals surface area contributed by atoms with E-state index in [9.17, 15) is 4.79 Å². The predicted molar refractivity (Wildman–Crippen MR) is 115 cm³/mol. The number of para-hydroxylation sites is 1. The minimum absolute atomic E-state index is 0.171. The molecule has 28 heavy (non-hydrogen) atoms. The van der Waals surface area contributed by atoms with E-state index in [-0.39, 0.29) is 5.91 Å². The van der Waals surface area contributed by atoms with Crippen molar-refractivity contribution < 1.29 is 4.79 Å². The summed E-state index contributed by atoms with van der Waals surface area (Å²) in [6.07, 6.45) is 2.96. The molecule has 1 aliphatic heterocycles. The molecule has 5 nitrogen and oxygen atoms in total. The Labute approximate surface area is 170 Å². The number of nitrogens with one attached hydrogen (secondary N) is 2. The van der Waals surface area contributed by atoms with Crippen molar-refractivity contribution in [2.75, 3.05) is 44.2 Å². The molecule has 1 saturated heterocycles. The van der Waals surface area contributed by atoms with Gasteiger partial charge in [0.25, 0.3) is 0 Å². The average Bonchev–Trinajstić information content (AvgIpc) is 3.14. The minimum Gasteiger partial charge on any atom is -0.368 e. The SMILES string of the molecule is O=C(CNCCc1c[nH]c2ccccc12)N1CCN(c2cccc(Cl)c2)CC1. The number of aromatic nitrogens is 1. The van der Waals surface area contributed by atoms with E-state index in [1.807, 2.05) is 29.2 Å². The molecular formula is C22H25ClN4O. The summed E-state index contributed by atoms with van der Waals surface area (Å²) in [5, 5.41) is 5.30. The fraction of sp³-hybridized carbons (Fsp3) is 0.318. The highest BCUT2D eigenvalue weighted by molar-refractivity contribution is 6.30. The molecule has 1 fully saturated rings.